The zero-order valence-electron chi connectivity index (χ0n) is 11.5. The van der Waals surface area contributed by atoms with Gasteiger partial charge in [-0.25, -0.2) is 4.39 Å². The minimum Gasteiger partial charge on any atom is -0.310 e. The molecule has 2 aromatic rings. The van der Waals surface area contributed by atoms with Gasteiger partial charge in [-0.05, 0) is 44.0 Å². The van der Waals surface area contributed by atoms with Crippen LogP contribution in [0.4, 0.5) is 4.39 Å². The van der Waals surface area contributed by atoms with Crippen LogP contribution in [0.2, 0.25) is 0 Å². The van der Waals surface area contributed by atoms with E-state index in [-0.39, 0.29) is 5.82 Å². The Morgan fingerprint density at radius 2 is 2.00 bits per heavy atom. The molecule has 3 heteroatoms. The van der Waals surface area contributed by atoms with Crippen LogP contribution in [0, 0.1) is 12.7 Å². The van der Waals surface area contributed by atoms with Gasteiger partial charge in [-0.1, -0.05) is 35.5 Å². The Bertz CT molecular complexity index is 608. The Labute approximate surface area is 123 Å². The van der Waals surface area contributed by atoms with Crippen LogP contribution in [0.3, 0.4) is 0 Å². The summed E-state index contributed by atoms with van der Waals surface area (Å²) < 4.78 is 14.0. The van der Waals surface area contributed by atoms with Gasteiger partial charge >= 0.3 is 0 Å². The Hall–Kier alpha value is -1.32. The molecule has 1 N–H and O–H groups in total. The topological polar surface area (TPSA) is 12.0 Å². The van der Waals surface area contributed by atoms with Gasteiger partial charge in [0.1, 0.15) is 5.82 Å². The minimum absolute atomic E-state index is 0.115. The summed E-state index contributed by atoms with van der Waals surface area (Å²) in [5.41, 5.74) is 2.01. The first-order valence-electron chi connectivity index (χ1n) is 6.97. The van der Waals surface area contributed by atoms with Crippen LogP contribution in [0.1, 0.15) is 24.0 Å². The highest BCUT2D eigenvalue weighted by molar-refractivity contribution is 7.99. The maximum Gasteiger partial charge on any atom is 0.128 e. The van der Waals surface area contributed by atoms with Gasteiger partial charge in [-0.2, -0.15) is 0 Å². The predicted molar refractivity (Wildman–Crippen MR) is 81.6 cm³/mol. The van der Waals surface area contributed by atoms with Gasteiger partial charge in [0.25, 0.3) is 0 Å². The summed E-state index contributed by atoms with van der Waals surface area (Å²) in [6.07, 6.45) is 2.43. The molecule has 1 aliphatic carbocycles. The molecule has 0 saturated heterocycles. The lowest BCUT2D eigenvalue weighted by Gasteiger charge is -2.11. The number of nitrogens with one attached hydrogen (secondary N) is 1. The lowest BCUT2D eigenvalue weighted by Crippen LogP contribution is -2.16. The van der Waals surface area contributed by atoms with Crippen molar-refractivity contribution in [1.82, 2.24) is 5.32 Å². The lowest BCUT2D eigenvalue weighted by molar-refractivity contribution is 0.579. The molecule has 104 valence electrons. The summed E-state index contributed by atoms with van der Waals surface area (Å²) in [5, 5.41) is 3.40. The summed E-state index contributed by atoms with van der Waals surface area (Å²) in [7, 11) is 0. The third-order valence-electron chi connectivity index (χ3n) is 3.44. The lowest BCUT2D eigenvalue weighted by atomic mass is 10.2. The highest BCUT2D eigenvalue weighted by atomic mass is 32.2. The quantitative estimate of drug-likeness (QED) is 0.866. The van der Waals surface area contributed by atoms with Crippen molar-refractivity contribution in [3.63, 3.8) is 0 Å². The van der Waals surface area contributed by atoms with E-state index >= 15 is 0 Å². The van der Waals surface area contributed by atoms with E-state index in [9.17, 15) is 4.39 Å². The first-order valence-corrected chi connectivity index (χ1v) is 7.79. The van der Waals surface area contributed by atoms with Crippen LogP contribution in [0.15, 0.2) is 52.3 Å². The fourth-order valence-electron chi connectivity index (χ4n) is 2.15. The largest absolute Gasteiger partial charge is 0.310 e. The SMILES string of the molecule is Cc1cccc(Sc2cccc(F)c2CNC2CC2)c1. The average molecular weight is 287 g/mol. The average Bonchev–Trinajstić information content (AvgIpc) is 3.22. The monoisotopic (exact) mass is 287 g/mol. The molecule has 0 heterocycles. The van der Waals surface area contributed by atoms with Crippen LogP contribution < -0.4 is 5.32 Å². The molecule has 0 aliphatic heterocycles. The van der Waals surface area contributed by atoms with Crippen molar-refractivity contribution < 1.29 is 4.39 Å². The number of hydrogen-bond donors (Lipinski definition) is 1. The molecule has 0 radical (unpaired) electrons. The number of benzene rings is 2. The first-order chi connectivity index (χ1) is 9.72. The van der Waals surface area contributed by atoms with Crippen molar-refractivity contribution in [2.75, 3.05) is 0 Å². The summed E-state index contributed by atoms with van der Waals surface area (Å²) >= 11 is 1.63. The van der Waals surface area contributed by atoms with Crippen LogP contribution in [0.5, 0.6) is 0 Å². The Morgan fingerprint density at radius 3 is 2.75 bits per heavy atom. The van der Waals surface area contributed by atoms with Gasteiger partial charge < -0.3 is 5.32 Å². The highest BCUT2D eigenvalue weighted by Gasteiger charge is 2.21. The normalized spacial score (nSPS) is 14.5. The van der Waals surface area contributed by atoms with E-state index in [2.05, 4.69) is 30.4 Å². The second-order valence-corrected chi connectivity index (χ2v) is 6.41. The number of aryl methyl sites for hydroxylation is 1. The van der Waals surface area contributed by atoms with Crippen molar-refractivity contribution in [3.8, 4) is 0 Å². The number of halogens is 1. The van der Waals surface area contributed by atoms with Crippen molar-refractivity contribution >= 4 is 11.8 Å². The molecule has 0 unspecified atom stereocenters. The van der Waals surface area contributed by atoms with Crippen molar-refractivity contribution in [1.29, 1.82) is 0 Å². The van der Waals surface area contributed by atoms with Gasteiger partial charge in [-0.15, -0.1) is 0 Å². The standard InChI is InChI=1S/C17H18FNS/c1-12-4-2-5-14(10-12)20-17-7-3-6-16(18)15(17)11-19-13-8-9-13/h2-7,10,13,19H,8-9,11H2,1H3. The molecule has 0 aromatic heterocycles. The molecular weight excluding hydrogens is 269 g/mol. The molecule has 3 rings (SSSR count). The Kier molecular flexibility index (Phi) is 4.08. The maximum absolute atomic E-state index is 14.0. The molecule has 0 spiro atoms. The summed E-state index contributed by atoms with van der Waals surface area (Å²) in [4.78, 5) is 2.16. The van der Waals surface area contributed by atoms with Gasteiger partial charge in [-0.3, -0.25) is 0 Å². The van der Waals surface area contributed by atoms with E-state index in [0.29, 0.717) is 12.6 Å². The van der Waals surface area contributed by atoms with Gasteiger partial charge in [0, 0.05) is 27.9 Å². The van der Waals surface area contributed by atoms with Crippen LogP contribution in [0.25, 0.3) is 0 Å². The van der Waals surface area contributed by atoms with Crippen LogP contribution >= 0.6 is 11.8 Å². The Balaban J connectivity index is 1.82. The Morgan fingerprint density at radius 1 is 1.20 bits per heavy atom. The van der Waals surface area contributed by atoms with E-state index in [1.54, 1.807) is 23.9 Å². The zero-order chi connectivity index (χ0) is 13.9. The predicted octanol–water partition coefficient (Wildman–Crippen LogP) is 4.54. The van der Waals surface area contributed by atoms with E-state index < -0.39 is 0 Å². The molecule has 0 amide bonds. The summed E-state index contributed by atoms with van der Waals surface area (Å²) in [6, 6.07) is 14.2. The van der Waals surface area contributed by atoms with E-state index in [0.717, 1.165) is 15.4 Å². The third-order valence-corrected chi connectivity index (χ3v) is 4.53. The molecule has 1 nitrogen and oxygen atoms in total. The van der Waals surface area contributed by atoms with E-state index in [1.165, 1.54) is 18.4 Å². The smallest absolute Gasteiger partial charge is 0.128 e. The van der Waals surface area contributed by atoms with Gasteiger partial charge in [0.15, 0.2) is 0 Å². The minimum atomic E-state index is -0.115. The molecule has 1 aliphatic rings. The van der Waals surface area contributed by atoms with Crippen molar-refractivity contribution in [2.24, 2.45) is 0 Å². The number of hydrogen-bond acceptors (Lipinski definition) is 2. The fourth-order valence-corrected chi connectivity index (χ4v) is 3.23. The zero-order valence-corrected chi connectivity index (χ0v) is 12.3. The van der Waals surface area contributed by atoms with Crippen LogP contribution in [-0.4, -0.2) is 6.04 Å². The van der Waals surface area contributed by atoms with E-state index in [4.69, 9.17) is 0 Å². The fraction of sp³-hybridized carbons (Fsp3) is 0.294. The summed E-state index contributed by atoms with van der Waals surface area (Å²) in [5.74, 6) is -0.115. The molecule has 0 bridgehead atoms. The first kappa shape index (κ1) is 13.7. The second-order valence-electron chi connectivity index (χ2n) is 5.29. The molecule has 1 fully saturated rings. The maximum atomic E-state index is 14.0. The molecule has 2 aromatic carbocycles. The number of rotatable bonds is 5. The molecular formula is C17H18FNS. The summed E-state index contributed by atoms with van der Waals surface area (Å²) in [6.45, 7) is 2.69. The van der Waals surface area contributed by atoms with Crippen molar-refractivity contribution in [3.05, 3.63) is 59.4 Å². The van der Waals surface area contributed by atoms with Crippen molar-refractivity contribution in [2.45, 2.75) is 42.1 Å². The van der Waals surface area contributed by atoms with Gasteiger partial charge in [0.05, 0.1) is 0 Å². The molecule has 0 atom stereocenters. The van der Waals surface area contributed by atoms with Crippen LogP contribution in [-0.2, 0) is 6.54 Å². The molecule has 1 saturated carbocycles. The molecule has 20 heavy (non-hydrogen) atoms. The third kappa shape index (κ3) is 3.41. The second kappa shape index (κ2) is 5.98. The van der Waals surface area contributed by atoms with Gasteiger partial charge in [0.2, 0.25) is 0 Å². The highest BCUT2D eigenvalue weighted by Crippen LogP contribution is 2.32. The van der Waals surface area contributed by atoms with E-state index in [1.807, 2.05) is 12.1 Å².